The number of H-pyrrole nitrogens is 1. The van der Waals surface area contributed by atoms with Crippen LogP contribution in [0.2, 0.25) is 0 Å². The molecule has 3 aromatic rings. The van der Waals surface area contributed by atoms with Gasteiger partial charge in [0.25, 0.3) is 5.56 Å². The number of para-hydroxylation sites is 1. The van der Waals surface area contributed by atoms with Gasteiger partial charge in [0.1, 0.15) is 23.8 Å². The van der Waals surface area contributed by atoms with Crippen LogP contribution < -0.4 is 20.3 Å². The molecule has 0 aliphatic rings. The number of rotatable bonds is 10. The molecular weight excluding hydrogens is 384 g/mol. The minimum atomic E-state index is -0.359. The van der Waals surface area contributed by atoms with Crippen LogP contribution in [0.3, 0.4) is 0 Å². The predicted molar refractivity (Wildman–Crippen MR) is 113 cm³/mol. The number of hydrogen-bond acceptors (Lipinski definition) is 6. The van der Waals surface area contributed by atoms with Crippen molar-refractivity contribution in [1.29, 1.82) is 0 Å². The molecule has 0 saturated carbocycles. The van der Waals surface area contributed by atoms with Gasteiger partial charge in [-0.15, -0.1) is 10.2 Å². The standard InChI is InChI=1S/C22H24N4O4/c1-2-29-18-10-6-7-16(15-18)21-24-22(28)19(25-26-21)11-12-20(27)23-13-14-30-17-8-4-3-5-9-17/h3-10,15H,2,11-14H2,1H3,(H,23,27)(H,24,26,28). The number of aryl methyl sites for hydroxylation is 1. The van der Waals surface area contributed by atoms with Crippen LogP contribution in [0.5, 0.6) is 11.5 Å². The summed E-state index contributed by atoms with van der Waals surface area (Å²) in [5.41, 5.74) is 0.561. The van der Waals surface area contributed by atoms with E-state index >= 15 is 0 Å². The largest absolute Gasteiger partial charge is 0.494 e. The number of benzene rings is 2. The molecule has 3 rings (SSSR count). The first-order valence-corrected chi connectivity index (χ1v) is 9.79. The molecule has 0 atom stereocenters. The molecular formula is C22H24N4O4. The molecule has 2 aromatic carbocycles. The maximum Gasteiger partial charge on any atom is 0.273 e. The van der Waals surface area contributed by atoms with Gasteiger partial charge in [-0.3, -0.25) is 9.59 Å². The van der Waals surface area contributed by atoms with Crippen LogP contribution in [0, 0.1) is 0 Å². The second-order valence-electron chi connectivity index (χ2n) is 6.42. The third-order valence-corrected chi connectivity index (χ3v) is 4.21. The highest BCUT2D eigenvalue weighted by atomic mass is 16.5. The fourth-order valence-corrected chi connectivity index (χ4v) is 2.75. The monoisotopic (exact) mass is 408 g/mol. The van der Waals surface area contributed by atoms with Gasteiger partial charge in [-0.2, -0.15) is 0 Å². The molecule has 2 N–H and O–H groups in total. The Bertz CT molecular complexity index is 1020. The maximum atomic E-state index is 12.3. The van der Waals surface area contributed by atoms with Crippen molar-refractivity contribution in [2.45, 2.75) is 19.8 Å². The Morgan fingerprint density at radius 1 is 1.03 bits per heavy atom. The molecule has 0 aliphatic heterocycles. The highest BCUT2D eigenvalue weighted by molar-refractivity contribution is 5.76. The predicted octanol–water partition coefficient (Wildman–Crippen LogP) is 2.36. The minimum absolute atomic E-state index is 0.141. The lowest BCUT2D eigenvalue weighted by molar-refractivity contribution is -0.121. The Morgan fingerprint density at radius 3 is 2.60 bits per heavy atom. The third-order valence-electron chi connectivity index (χ3n) is 4.21. The van der Waals surface area contributed by atoms with E-state index in [1.54, 1.807) is 6.07 Å². The summed E-state index contributed by atoms with van der Waals surface area (Å²) in [6.07, 6.45) is 0.343. The number of hydrogen-bond donors (Lipinski definition) is 2. The van der Waals surface area contributed by atoms with Gasteiger partial charge in [-0.05, 0) is 31.2 Å². The summed E-state index contributed by atoms with van der Waals surface area (Å²) in [5.74, 6) is 1.62. The van der Waals surface area contributed by atoms with Crippen molar-refractivity contribution in [3.8, 4) is 22.9 Å². The first kappa shape index (κ1) is 21.0. The summed E-state index contributed by atoms with van der Waals surface area (Å²) in [4.78, 5) is 27.0. The van der Waals surface area contributed by atoms with Gasteiger partial charge in [0.2, 0.25) is 5.91 Å². The lowest BCUT2D eigenvalue weighted by Crippen LogP contribution is -2.29. The van der Waals surface area contributed by atoms with E-state index in [2.05, 4.69) is 20.5 Å². The van der Waals surface area contributed by atoms with Crippen LogP contribution >= 0.6 is 0 Å². The van der Waals surface area contributed by atoms with Crippen LogP contribution in [0.25, 0.3) is 11.4 Å². The summed E-state index contributed by atoms with van der Waals surface area (Å²) in [7, 11) is 0. The third kappa shape index (κ3) is 6.16. The van der Waals surface area contributed by atoms with Crippen molar-refractivity contribution in [3.05, 3.63) is 70.6 Å². The maximum absolute atomic E-state index is 12.3. The fraction of sp³-hybridized carbons (Fsp3) is 0.273. The van der Waals surface area contributed by atoms with Crippen molar-refractivity contribution < 1.29 is 14.3 Å². The average molecular weight is 408 g/mol. The van der Waals surface area contributed by atoms with Crippen molar-refractivity contribution >= 4 is 5.91 Å². The molecule has 0 spiro atoms. The van der Waals surface area contributed by atoms with Gasteiger partial charge >= 0.3 is 0 Å². The van der Waals surface area contributed by atoms with E-state index in [4.69, 9.17) is 9.47 Å². The number of carbonyl (C=O) groups is 1. The number of aromatic nitrogens is 3. The minimum Gasteiger partial charge on any atom is -0.494 e. The van der Waals surface area contributed by atoms with Crippen LogP contribution in [-0.2, 0) is 11.2 Å². The summed E-state index contributed by atoms with van der Waals surface area (Å²) in [6.45, 7) is 3.19. The molecule has 156 valence electrons. The zero-order chi connectivity index (χ0) is 21.2. The van der Waals surface area contributed by atoms with E-state index in [0.717, 1.165) is 5.75 Å². The van der Waals surface area contributed by atoms with E-state index in [1.165, 1.54) is 0 Å². The van der Waals surface area contributed by atoms with Gasteiger partial charge in [-0.25, -0.2) is 0 Å². The number of nitrogens with zero attached hydrogens (tertiary/aromatic N) is 2. The number of nitrogens with one attached hydrogen (secondary N) is 2. The number of amides is 1. The second kappa shape index (κ2) is 10.8. The van der Waals surface area contributed by atoms with Crippen molar-refractivity contribution in [3.63, 3.8) is 0 Å². The Kier molecular flexibility index (Phi) is 7.54. The number of ether oxygens (including phenoxy) is 2. The second-order valence-corrected chi connectivity index (χ2v) is 6.42. The van der Waals surface area contributed by atoms with E-state index in [-0.39, 0.29) is 30.0 Å². The Balaban J connectivity index is 1.48. The van der Waals surface area contributed by atoms with Crippen LogP contribution in [0.15, 0.2) is 59.4 Å². The van der Waals surface area contributed by atoms with Crippen molar-refractivity contribution in [1.82, 2.24) is 20.5 Å². The lowest BCUT2D eigenvalue weighted by atomic mass is 10.2. The fourth-order valence-electron chi connectivity index (χ4n) is 2.75. The van der Waals surface area contributed by atoms with Crippen LogP contribution in [0.4, 0.5) is 0 Å². The van der Waals surface area contributed by atoms with E-state index < -0.39 is 0 Å². The van der Waals surface area contributed by atoms with E-state index in [9.17, 15) is 9.59 Å². The molecule has 1 heterocycles. The lowest BCUT2D eigenvalue weighted by Gasteiger charge is -2.08. The molecule has 0 aliphatic carbocycles. The van der Waals surface area contributed by atoms with Crippen LogP contribution in [-0.4, -0.2) is 40.8 Å². The molecule has 0 radical (unpaired) electrons. The first-order valence-electron chi connectivity index (χ1n) is 9.79. The number of carbonyl (C=O) groups excluding carboxylic acids is 1. The molecule has 1 amide bonds. The smallest absolute Gasteiger partial charge is 0.273 e. The quantitative estimate of drug-likeness (QED) is 0.499. The SMILES string of the molecule is CCOc1cccc(-c2nnc(CCC(=O)NCCOc3ccccc3)c(=O)[nH]2)c1. The van der Waals surface area contributed by atoms with Crippen molar-refractivity contribution in [2.75, 3.05) is 19.8 Å². The molecule has 0 fully saturated rings. The van der Waals surface area contributed by atoms with E-state index in [1.807, 2.05) is 55.5 Å². The molecule has 1 aromatic heterocycles. The molecule has 8 nitrogen and oxygen atoms in total. The molecule has 30 heavy (non-hydrogen) atoms. The Labute approximate surface area is 174 Å². The molecule has 0 unspecified atom stereocenters. The zero-order valence-corrected chi connectivity index (χ0v) is 16.8. The van der Waals surface area contributed by atoms with Crippen molar-refractivity contribution in [2.24, 2.45) is 0 Å². The van der Waals surface area contributed by atoms with Gasteiger partial charge in [0.05, 0.1) is 13.2 Å². The topological polar surface area (TPSA) is 106 Å². The Morgan fingerprint density at radius 2 is 1.83 bits per heavy atom. The summed E-state index contributed by atoms with van der Waals surface area (Å²) < 4.78 is 11.0. The van der Waals surface area contributed by atoms with E-state index in [0.29, 0.717) is 36.9 Å². The zero-order valence-electron chi connectivity index (χ0n) is 16.8. The molecule has 0 bridgehead atoms. The molecule has 0 saturated heterocycles. The van der Waals surface area contributed by atoms with Crippen LogP contribution in [0.1, 0.15) is 19.0 Å². The van der Waals surface area contributed by atoms with Gasteiger partial charge in [0, 0.05) is 18.4 Å². The van der Waals surface area contributed by atoms with Gasteiger partial charge in [-0.1, -0.05) is 30.3 Å². The van der Waals surface area contributed by atoms with Gasteiger partial charge < -0.3 is 19.8 Å². The normalized spacial score (nSPS) is 10.4. The molecule has 8 heteroatoms. The summed E-state index contributed by atoms with van der Waals surface area (Å²) in [5, 5.41) is 10.8. The number of aromatic amines is 1. The summed E-state index contributed by atoms with van der Waals surface area (Å²) >= 11 is 0. The average Bonchev–Trinajstić information content (AvgIpc) is 2.77. The first-order chi connectivity index (χ1) is 14.7. The Hall–Kier alpha value is -3.68. The highest BCUT2D eigenvalue weighted by Crippen LogP contribution is 2.19. The summed E-state index contributed by atoms with van der Waals surface area (Å²) in [6, 6.07) is 16.6. The highest BCUT2D eigenvalue weighted by Gasteiger charge is 2.10. The van der Waals surface area contributed by atoms with Gasteiger partial charge in [0.15, 0.2) is 5.82 Å².